The minimum Gasteiger partial charge on any atom is -0.489 e. The maximum absolute atomic E-state index is 13.5. The van der Waals surface area contributed by atoms with Gasteiger partial charge in [-0.25, -0.2) is 0 Å². The monoisotopic (exact) mass is 462 g/mol. The largest absolute Gasteiger partial charge is 0.489 e. The van der Waals surface area contributed by atoms with Crippen molar-refractivity contribution < 1.29 is 28.6 Å². The van der Waals surface area contributed by atoms with Crippen molar-refractivity contribution in [3.8, 4) is 11.1 Å². The summed E-state index contributed by atoms with van der Waals surface area (Å²) in [5.41, 5.74) is 3.45. The number of amides is 1. The SMILES string of the molecule is COC1=C(OC)C(=O)C(Cc2ccc(-c3cccnc3)c(C(=O)N3CCOCC3)c2)=C(C)C1=O. The van der Waals surface area contributed by atoms with Gasteiger partial charge in [0.2, 0.25) is 23.1 Å². The molecule has 1 amide bonds. The number of hydrogen-bond donors (Lipinski definition) is 0. The number of allylic oxidation sites excluding steroid dienone is 2. The van der Waals surface area contributed by atoms with Crippen LogP contribution in [-0.4, -0.2) is 67.9 Å². The molecular formula is C26H26N2O6. The van der Waals surface area contributed by atoms with Crippen LogP contribution in [0.5, 0.6) is 0 Å². The molecule has 2 aromatic rings. The van der Waals surface area contributed by atoms with Crippen LogP contribution in [-0.2, 0) is 30.2 Å². The molecule has 1 fully saturated rings. The molecule has 0 spiro atoms. The molecule has 1 aliphatic carbocycles. The standard InChI is InChI=1S/C26H26N2O6/c1-16-20(23(30)25(33-3)24(32-2)22(16)29)13-17-6-7-19(18-5-4-8-27-15-18)21(14-17)26(31)28-9-11-34-12-10-28/h4-8,14-15H,9-13H2,1-3H3. The fourth-order valence-corrected chi connectivity index (χ4v) is 4.20. The highest BCUT2D eigenvalue weighted by Gasteiger charge is 2.34. The first-order valence-corrected chi connectivity index (χ1v) is 11.0. The average molecular weight is 463 g/mol. The Balaban J connectivity index is 1.74. The van der Waals surface area contributed by atoms with E-state index >= 15 is 0 Å². The first kappa shape index (κ1) is 23.4. The Bertz CT molecular complexity index is 1190. The summed E-state index contributed by atoms with van der Waals surface area (Å²) < 4.78 is 15.7. The number of nitrogens with zero attached hydrogens (tertiary/aromatic N) is 2. The highest BCUT2D eigenvalue weighted by atomic mass is 16.5. The van der Waals surface area contributed by atoms with E-state index < -0.39 is 5.78 Å². The molecule has 0 bridgehead atoms. The van der Waals surface area contributed by atoms with Crippen molar-refractivity contribution in [3.05, 3.63) is 76.5 Å². The van der Waals surface area contributed by atoms with E-state index in [4.69, 9.17) is 14.2 Å². The molecule has 0 radical (unpaired) electrons. The maximum atomic E-state index is 13.5. The molecule has 1 aromatic heterocycles. The van der Waals surface area contributed by atoms with E-state index in [0.29, 0.717) is 43.0 Å². The summed E-state index contributed by atoms with van der Waals surface area (Å²) in [6, 6.07) is 9.23. The highest BCUT2D eigenvalue weighted by Crippen LogP contribution is 2.30. The van der Waals surface area contributed by atoms with E-state index in [2.05, 4.69) is 4.98 Å². The number of Topliss-reactive ketones (excluding diaryl/α,β-unsaturated/α-hetero) is 2. The molecule has 34 heavy (non-hydrogen) atoms. The second-order valence-electron chi connectivity index (χ2n) is 8.03. The minimum absolute atomic E-state index is 0.0936. The van der Waals surface area contributed by atoms with Gasteiger partial charge in [0.05, 0.1) is 27.4 Å². The van der Waals surface area contributed by atoms with Gasteiger partial charge in [-0.1, -0.05) is 18.2 Å². The molecule has 8 nitrogen and oxygen atoms in total. The average Bonchev–Trinajstić information content (AvgIpc) is 2.89. The Kier molecular flexibility index (Phi) is 6.88. The van der Waals surface area contributed by atoms with Gasteiger partial charge in [0.1, 0.15) is 0 Å². The van der Waals surface area contributed by atoms with Gasteiger partial charge in [-0.3, -0.25) is 19.4 Å². The number of rotatable bonds is 6. The van der Waals surface area contributed by atoms with E-state index in [-0.39, 0.29) is 29.6 Å². The van der Waals surface area contributed by atoms with Crippen LogP contribution < -0.4 is 0 Å². The van der Waals surface area contributed by atoms with Crippen molar-refractivity contribution in [1.29, 1.82) is 0 Å². The molecule has 0 atom stereocenters. The first-order valence-electron chi connectivity index (χ1n) is 11.0. The zero-order valence-electron chi connectivity index (χ0n) is 19.4. The minimum atomic E-state index is -0.395. The number of ether oxygens (including phenoxy) is 3. The van der Waals surface area contributed by atoms with Gasteiger partial charge in [-0.2, -0.15) is 0 Å². The van der Waals surface area contributed by atoms with Crippen LogP contribution in [0.25, 0.3) is 11.1 Å². The van der Waals surface area contributed by atoms with Crippen molar-refractivity contribution in [2.45, 2.75) is 13.3 Å². The first-order chi connectivity index (χ1) is 16.5. The zero-order valence-corrected chi connectivity index (χ0v) is 19.4. The summed E-state index contributed by atoms with van der Waals surface area (Å²) in [7, 11) is 2.66. The van der Waals surface area contributed by atoms with Crippen LogP contribution in [0.4, 0.5) is 0 Å². The van der Waals surface area contributed by atoms with Crippen LogP contribution >= 0.6 is 0 Å². The number of morpholine rings is 1. The van der Waals surface area contributed by atoms with E-state index in [1.807, 2.05) is 24.3 Å². The summed E-state index contributed by atoms with van der Waals surface area (Å²) in [4.78, 5) is 45.2. The van der Waals surface area contributed by atoms with Crippen molar-refractivity contribution in [1.82, 2.24) is 9.88 Å². The quantitative estimate of drug-likeness (QED) is 0.609. The topological polar surface area (TPSA) is 95.0 Å². The molecular weight excluding hydrogens is 436 g/mol. The smallest absolute Gasteiger partial charge is 0.254 e. The number of hydrogen-bond acceptors (Lipinski definition) is 7. The molecule has 2 heterocycles. The van der Waals surface area contributed by atoms with Crippen LogP contribution in [0.1, 0.15) is 22.8 Å². The molecule has 1 aliphatic heterocycles. The third kappa shape index (κ3) is 4.36. The number of carbonyl (C=O) groups excluding carboxylic acids is 3. The predicted octanol–water partition coefficient (Wildman–Crippen LogP) is 2.74. The summed E-state index contributed by atoms with van der Waals surface area (Å²) in [5, 5.41) is 0. The molecule has 1 aromatic carbocycles. The van der Waals surface area contributed by atoms with Gasteiger partial charge in [0.15, 0.2) is 0 Å². The molecule has 4 rings (SSSR count). The van der Waals surface area contributed by atoms with Crippen molar-refractivity contribution in [2.75, 3.05) is 40.5 Å². The predicted molar refractivity (Wildman–Crippen MR) is 124 cm³/mol. The van der Waals surface area contributed by atoms with E-state index in [9.17, 15) is 14.4 Å². The lowest BCUT2D eigenvalue weighted by Crippen LogP contribution is -2.40. The van der Waals surface area contributed by atoms with Gasteiger partial charge in [-0.05, 0) is 30.2 Å². The zero-order chi connectivity index (χ0) is 24.2. The fourth-order valence-electron chi connectivity index (χ4n) is 4.20. The normalized spacial score (nSPS) is 16.7. The Hall–Kier alpha value is -3.78. The summed E-state index contributed by atoms with van der Waals surface area (Å²) in [6.07, 6.45) is 3.57. The number of ketones is 2. The third-order valence-electron chi connectivity index (χ3n) is 6.06. The third-order valence-corrected chi connectivity index (χ3v) is 6.06. The summed E-state index contributed by atoms with van der Waals surface area (Å²) in [6.45, 7) is 3.60. The number of pyridine rings is 1. The lowest BCUT2D eigenvalue weighted by molar-refractivity contribution is -0.121. The maximum Gasteiger partial charge on any atom is 0.254 e. The number of methoxy groups -OCH3 is 2. The van der Waals surface area contributed by atoms with Gasteiger partial charge >= 0.3 is 0 Å². The molecule has 8 heteroatoms. The van der Waals surface area contributed by atoms with Crippen LogP contribution in [0, 0.1) is 0 Å². The van der Waals surface area contributed by atoms with E-state index in [0.717, 1.165) is 16.7 Å². The Morgan fingerprint density at radius 1 is 1.06 bits per heavy atom. The number of carbonyl (C=O) groups is 3. The second-order valence-corrected chi connectivity index (χ2v) is 8.03. The van der Waals surface area contributed by atoms with Gasteiger partial charge in [0.25, 0.3) is 5.91 Å². The van der Waals surface area contributed by atoms with E-state index in [1.54, 1.807) is 30.3 Å². The molecule has 176 valence electrons. The summed E-state index contributed by atoms with van der Waals surface area (Å²) in [5.74, 6) is -1.09. The second kappa shape index (κ2) is 10.0. The molecule has 0 unspecified atom stereocenters. The van der Waals surface area contributed by atoms with Crippen molar-refractivity contribution in [2.24, 2.45) is 0 Å². The van der Waals surface area contributed by atoms with Crippen LogP contribution in [0.3, 0.4) is 0 Å². The molecule has 0 saturated carbocycles. The Morgan fingerprint density at radius 2 is 1.76 bits per heavy atom. The molecule has 0 N–H and O–H groups in total. The molecule has 1 saturated heterocycles. The molecule has 2 aliphatic rings. The van der Waals surface area contributed by atoms with Gasteiger partial charge in [0, 0.05) is 54.2 Å². The van der Waals surface area contributed by atoms with Crippen molar-refractivity contribution in [3.63, 3.8) is 0 Å². The van der Waals surface area contributed by atoms with Crippen LogP contribution in [0.2, 0.25) is 0 Å². The highest BCUT2D eigenvalue weighted by molar-refractivity contribution is 6.23. The Morgan fingerprint density at radius 3 is 2.41 bits per heavy atom. The van der Waals surface area contributed by atoms with E-state index in [1.165, 1.54) is 14.2 Å². The lowest BCUT2D eigenvalue weighted by atomic mass is 9.87. The number of benzene rings is 1. The number of aromatic nitrogens is 1. The Labute approximate surface area is 197 Å². The van der Waals surface area contributed by atoms with Crippen LogP contribution in [0.15, 0.2) is 65.4 Å². The van der Waals surface area contributed by atoms with Gasteiger partial charge in [-0.15, -0.1) is 0 Å². The van der Waals surface area contributed by atoms with Crippen molar-refractivity contribution >= 4 is 17.5 Å². The lowest BCUT2D eigenvalue weighted by Gasteiger charge is -2.28. The van der Waals surface area contributed by atoms with Gasteiger partial charge < -0.3 is 19.1 Å². The fraction of sp³-hybridized carbons (Fsp3) is 0.308. The summed E-state index contributed by atoms with van der Waals surface area (Å²) >= 11 is 0.